The maximum absolute atomic E-state index is 13.7. The second-order valence-electron chi connectivity index (χ2n) is 8.55. The van der Waals surface area contributed by atoms with Crippen LogP contribution < -0.4 is 4.42 Å². The van der Waals surface area contributed by atoms with Crippen molar-refractivity contribution in [3.8, 4) is 5.82 Å². The Morgan fingerprint density at radius 2 is 2.03 bits per heavy atom. The van der Waals surface area contributed by atoms with Gasteiger partial charge in [-0.05, 0) is 38.1 Å². The van der Waals surface area contributed by atoms with Gasteiger partial charge in [-0.2, -0.15) is 10.1 Å². The molecule has 4 aromatic rings. The van der Waals surface area contributed by atoms with E-state index in [1.54, 1.807) is 16.9 Å². The number of fused-ring (bicyclic) bond motifs is 1. The van der Waals surface area contributed by atoms with E-state index in [9.17, 15) is 9.50 Å². The molecule has 1 aliphatic heterocycles. The number of rotatable bonds is 5. The number of likely N-dealkylation sites (tertiary alicyclic amines) is 1. The van der Waals surface area contributed by atoms with Gasteiger partial charge in [0.1, 0.15) is 6.17 Å². The van der Waals surface area contributed by atoms with Gasteiger partial charge in [-0.1, -0.05) is 0 Å². The maximum atomic E-state index is 13.7. The Hall–Kier alpha value is -3.01. The predicted molar refractivity (Wildman–Crippen MR) is 126 cm³/mol. The molecule has 0 saturated carbocycles. The lowest BCUT2D eigenvalue weighted by Gasteiger charge is -2.15. The molecule has 0 bridgehead atoms. The largest absolute Gasteiger partial charge is 0.389 e. The highest BCUT2D eigenvalue weighted by Crippen LogP contribution is 2.30. The molecule has 0 spiro atoms. The number of halogens is 2. The first-order chi connectivity index (χ1) is 15.8. The van der Waals surface area contributed by atoms with Gasteiger partial charge in [-0.3, -0.25) is 4.90 Å². The van der Waals surface area contributed by atoms with E-state index in [1.807, 2.05) is 43.3 Å². The van der Waals surface area contributed by atoms with Crippen LogP contribution in [0, 0.1) is 13.8 Å². The van der Waals surface area contributed by atoms with Crippen LogP contribution in [-0.4, -0.2) is 59.7 Å². The highest BCUT2D eigenvalue weighted by Gasteiger charge is 2.31. The van der Waals surface area contributed by atoms with Gasteiger partial charge in [-0.25, -0.2) is 18.5 Å². The van der Waals surface area contributed by atoms with Crippen LogP contribution in [0.2, 0.25) is 0 Å². The van der Waals surface area contributed by atoms with E-state index >= 15 is 0 Å². The van der Waals surface area contributed by atoms with Crippen LogP contribution >= 0.6 is 11.8 Å². The van der Waals surface area contributed by atoms with E-state index in [-0.39, 0.29) is 6.54 Å². The fraction of sp³-hybridized carbons (Fsp3) is 0.348. The molecule has 1 N–H and O–H groups in total. The van der Waals surface area contributed by atoms with Crippen molar-refractivity contribution in [2.45, 2.75) is 32.7 Å². The van der Waals surface area contributed by atoms with E-state index in [4.69, 9.17) is 11.8 Å². The lowest BCUT2D eigenvalue weighted by Crippen LogP contribution is -2.21. The van der Waals surface area contributed by atoms with Crippen LogP contribution in [0.1, 0.15) is 17.0 Å². The third-order valence-corrected chi connectivity index (χ3v) is 6.57. The molecular weight excluding hydrogens is 445 g/mol. The molecule has 1 aliphatic rings. The quantitative estimate of drug-likeness (QED) is 0.450. The fourth-order valence-electron chi connectivity index (χ4n) is 4.23. The number of β-amino-alcohol motifs (C(OH)–C–C–N with tert-alkyl or cyclic N) is 1. The van der Waals surface area contributed by atoms with Crippen LogP contribution in [0.25, 0.3) is 16.7 Å². The van der Waals surface area contributed by atoms with Gasteiger partial charge in [0, 0.05) is 79.1 Å². The number of nitrogens with zero attached hydrogens (tertiary/aromatic N) is 7. The summed E-state index contributed by atoms with van der Waals surface area (Å²) < 4.78 is 18.9. The van der Waals surface area contributed by atoms with Crippen LogP contribution in [-0.2, 0) is 13.6 Å². The smallest absolute Gasteiger partial charge is 0.247 e. The first-order valence-electron chi connectivity index (χ1n) is 10.7. The molecule has 1 aromatic carbocycles. The summed E-state index contributed by atoms with van der Waals surface area (Å²) in [5, 5.41) is 15.3. The van der Waals surface area contributed by atoms with Crippen molar-refractivity contribution in [1.29, 1.82) is 0 Å². The zero-order valence-corrected chi connectivity index (χ0v) is 19.4. The van der Waals surface area contributed by atoms with E-state index in [2.05, 4.69) is 32.6 Å². The van der Waals surface area contributed by atoms with Crippen molar-refractivity contribution in [3.05, 3.63) is 59.7 Å². The van der Waals surface area contributed by atoms with Crippen LogP contribution in [0.3, 0.4) is 0 Å². The predicted octanol–water partition coefficient (Wildman–Crippen LogP) is 3.58. The lowest BCUT2D eigenvalue weighted by atomic mass is 10.2. The number of hydrogen-bond acceptors (Lipinski definition) is 6. The number of hydrogen-bond donors (Lipinski definition) is 1. The van der Waals surface area contributed by atoms with Gasteiger partial charge < -0.3 is 9.67 Å². The number of anilines is 2. The minimum atomic E-state index is -1.21. The van der Waals surface area contributed by atoms with Crippen LogP contribution in [0.15, 0.2) is 42.7 Å². The van der Waals surface area contributed by atoms with Crippen LogP contribution in [0.5, 0.6) is 0 Å². The third-order valence-electron chi connectivity index (χ3n) is 6.22. The van der Waals surface area contributed by atoms with E-state index < -0.39 is 12.3 Å². The first-order valence-corrected chi connectivity index (χ1v) is 11.1. The van der Waals surface area contributed by atoms with Gasteiger partial charge in [0.2, 0.25) is 5.95 Å². The topological polar surface area (TPSA) is 75.2 Å². The van der Waals surface area contributed by atoms with E-state index in [0.29, 0.717) is 24.9 Å². The van der Waals surface area contributed by atoms with E-state index in [1.165, 1.54) is 4.42 Å². The molecule has 2 atom stereocenters. The highest BCUT2D eigenvalue weighted by atomic mass is 35.5. The summed E-state index contributed by atoms with van der Waals surface area (Å²) in [5.41, 5.74) is 4.82. The van der Waals surface area contributed by atoms with Gasteiger partial charge in [0.25, 0.3) is 0 Å². The Bertz CT molecular complexity index is 1310. The Labute approximate surface area is 196 Å². The number of aromatic nitrogens is 5. The standard InChI is InChI=1S/C23H25ClFN7O/c1-14-8-16-9-18(4-5-20(16)29(14)3)32(24)23-26-7-6-22(27-23)31-11-17(15(2)28-31)10-30-12-19(25)21(33)13-30/h4-9,11,19,21,33H,10,12-13H2,1-3H3/t19-,21+/m1/s1. The summed E-state index contributed by atoms with van der Waals surface area (Å²) in [6.45, 7) is 5.01. The Morgan fingerprint density at radius 3 is 2.79 bits per heavy atom. The molecule has 1 fully saturated rings. The van der Waals surface area contributed by atoms with Gasteiger partial charge in [0.15, 0.2) is 5.82 Å². The summed E-state index contributed by atoms with van der Waals surface area (Å²) in [7, 11) is 2.03. The third kappa shape index (κ3) is 4.07. The second-order valence-corrected chi connectivity index (χ2v) is 8.88. The zero-order chi connectivity index (χ0) is 23.3. The summed E-state index contributed by atoms with van der Waals surface area (Å²) >= 11 is 6.62. The molecule has 1 saturated heterocycles. The summed E-state index contributed by atoms with van der Waals surface area (Å²) in [6, 6.07) is 9.83. The molecule has 0 aliphatic carbocycles. The second kappa shape index (κ2) is 8.40. The molecule has 172 valence electrons. The molecule has 0 radical (unpaired) electrons. The van der Waals surface area contributed by atoms with Gasteiger partial charge >= 0.3 is 0 Å². The van der Waals surface area contributed by atoms with Crippen molar-refractivity contribution >= 4 is 34.3 Å². The van der Waals surface area contributed by atoms with Crippen molar-refractivity contribution in [2.24, 2.45) is 7.05 Å². The zero-order valence-electron chi connectivity index (χ0n) is 18.7. The van der Waals surface area contributed by atoms with Crippen LogP contribution in [0.4, 0.5) is 16.0 Å². The minimum absolute atomic E-state index is 0.218. The maximum Gasteiger partial charge on any atom is 0.247 e. The first kappa shape index (κ1) is 21.8. The molecule has 5 rings (SSSR count). The van der Waals surface area contributed by atoms with Crippen molar-refractivity contribution < 1.29 is 9.50 Å². The average molecular weight is 470 g/mol. The monoisotopic (exact) mass is 469 g/mol. The molecule has 0 amide bonds. The van der Waals surface area contributed by atoms with Crippen molar-refractivity contribution in [3.63, 3.8) is 0 Å². The van der Waals surface area contributed by atoms with Crippen molar-refractivity contribution in [2.75, 3.05) is 17.5 Å². The Morgan fingerprint density at radius 1 is 1.21 bits per heavy atom. The van der Waals surface area contributed by atoms with Gasteiger partial charge in [0.05, 0.1) is 17.5 Å². The average Bonchev–Trinajstić information content (AvgIpc) is 3.42. The molecule has 0 unspecified atom stereocenters. The van der Waals surface area contributed by atoms with Crippen molar-refractivity contribution in [1.82, 2.24) is 29.2 Å². The number of aryl methyl sites for hydroxylation is 3. The summed E-state index contributed by atoms with van der Waals surface area (Å²) in [6.07, 6.45) is 1.37. The number of aliphatic hydroxyl groups is 1. The SMILES string of the molecule is Cc1nn(-c2ccnc(N(Cl)c3ccc4c(c3)cc(C)n4C)n2)cc1CN1C[C@@H](F)[C@@H](O)C1. The van der Waals surface area contributed by atoms with E-state index in [0.717, 1.165) is 33.5 Å². The number of alkyl halides is 1. The molecule has 4 heterocycles. The lowest BCUT2D eigenvalue weighted by molar-refractivity contribution is 0.115. The summed E-state index contributed by atoms with van der Waals surface area (Å²) in [5.74, 6) is 0.903. The number of aliphatic hydroxyl groups excluding tert-OH is 1. The molecule has 10 heteroatoms. The Kier molecular flexibility index (Phi) is 5.55. The molecule has 3 aromatic heterocycles. The minimum Gasteiger partial charge on any atom is -0.389 e. The molecular formula is C23H25ClFN7O. The Balaban J connectivity index is 1.39. The highest BCUT2D eigenvalue weighted by molar-refractivity contribution is 6.29. The normalized spacial score (nSPS) is 19.0. The number of benzene rings is 1. The molecule has 8 nitrogen and oxygen atoms in total. The molecule has 33 heavy (non-hydrogen) atoms. The van der Waals surface area contributed by atoms with Gasteiger partial charge in [-0.15, -0.1) is 0 Å². The summed E-state index contributed by atoms with van der Waals surface area (Å²) in [4.78, 5) is 10.8. The fourth-order valence-corrected chi connectivity index (χ4v) is 4.42.